The molecule has 0 spiro atoms. The summed E-state index contributed by atoms with van der Waals surface area (Å²) in [5.74, 6) is 0.218. The fourth-order valence-corrected chi connectivity index (χ4v) is 6.08. The van der Waals surface area contributed by atoms with E-state index in [4.69, 9.17) is 9.97 Å². The molecule has 0 unspecified atom stereocenters. The zero-order valence-electron chi connectivity index (χ0n) is 22.4. The molecule has 0 radical (unpaired) electrons. The Morgan fingerprint density at radius 2 is 1.85 bits per heavy atom. The Kier molecular flexibility index (Phi) is 7.15. The summed E-state index contributed by atoms with van der Waals surface area (Å²) in [5.41, 5.74) is 3.43. The van der Waals surface area contributed by atoms with Crippen LogP contribution in [-0.4, -0.2) is 94.1 Å². The number of halogens is 2. The van der Waals surface area contributed by atoms with Crippen molar-refractivity contribution in [3.63, 3.8) is 0 Å². The minimum atomic E-state index is -0.411. The summed E-state index contributed by atoms with van der Waals surface area (Å²) in [4.78, 5) is 29.6. The first-order valence-electron chi connectivity index (χ1n) is 13.4. The summed E-state index contributed by atoms with van der Waals surface area (Å²) < 4.78 is 30.7. The van der Waals surface area contributed by atoms with Crippen LogP contribution >= 0.6 is 11.3 Å². The van der Waals surface area contributed by atoms with Crippen LogP contribution in [0, 0.1) is 11.6 Å². The number of hydrogen-bond donors (Lipinski definition) is 1. The minimum absolute atomic E-state index is 0.0225. The predicted molar refractivity (Wildman–Crippen MR) is 151 cm³/mol. The van der Waals surface area contributed by atoms with Gasteiger partial charge < -0.3 is 19.8 Å². The molecule has 3 aromatic heterocycles. The number of carbonyl (C=O) groups is 1. The molecule has 2 aliphatic rings. The number of pyridine rings is 1. The fraction of sp³-hybridized carbons (Fsp3) is 0.393. The first-order chi connectivity index (χ1) is 19.3. The molecule has 9 nitrogen and oxygen atoms in total. The number of amides is 1. The molecule has 1 aromatic carbocycles. The maximum Gasteiger partial charge on any atom is 0.236 e. The van der Waals surface area contributed by atoms with E-state index in [0.29, 0.717) is 63.6 Å². The number of anilines is 3. The first kappa shape index (κ1) is 26.6. The Labute approximate surface area is 234 Å². The SMILES string of the molecule is CCc1nc2cc(F)c(N3CCN(CC(=O)N4CC(O)C4)CC3)cn2c1N(C)c1nc(-c2ccc(F)cc2)cs1. The number of aliphatic hydroxyl groups excluding tert-OH is 1. The van der Waals surface area contributed by atoms with Crippen LogP contribution in [0.4, 0.5) is 25.4 Å². The lowest BCUT2D eigenvalue weighted by Crippen LogP contribution is -2.57. The topological polar surface area (TPSA) is 80.5 Å². The molecule has 1 N–H and O–H groups in total. The Balaban J connectivity index is 1.23. The van der Waals surface area contributed by atoms with Crippen LogP contribution < -0.4 is 9.80 Å². The van der Waals surface area contributed by atoms with Gasteiger partial charge in [0.25, 0.3) is 0 Å². The number of fused-ring (bicyclic) bond motifs is 1. The molecule has 1 amide bonds. The van der Waals surface area contributed by atoms with Gasteiger partial charge >= 0.3 is 0 Å². The number of likely N-dealkylation sites (tertiary alicyclic amines) is 1. The molecule has 0 aliphatic carbocycles. The third kappa shape index (κ3) is 5.02. The lowest BCUT2D eigenvalue weighted by molar-refractivity contribution is -0.142. The summed E-state index contributed by atoms with van der Waals surface area (Å²) in [6.45, 7) is 5.60. The number of piperazine rings is 1. The molecular formula is C28H31F2N7O2S. The van der Waals surface area contributed by atoms with Crippen molar-refractivity contribution >= 4 is 39.5 Å². The smallest absolute Gasteiger partial charge is 0.236 e. The highest BCUT2D eigenvalue weighted by Crippen LogP contribution is 2.35. The van der Waals surface area contributed by atoms with Gasteiger partial charge in [-0.25, -0.2) is 18.7 Å². The van der Waals surface area contributed by atoms with Crippen LogP contribution in [0.3, 0.4) is 0 Å². The van der Waals surface area contributed by atoms with Gasteiger partial charge in [0.05, 0.1) is 29.7 Å². The van der Waals surface area contributed by atoms with E-state index in [1.54, 1.807) is 23.2 Å². The van der Waals surface area contributed by atoms with Crippen molar-refractivity contribution in [3.8, 4) is 11.3 Å². The van der Waals surface area contributed by atoms with Gasteiger partial charge in [0.2, 0.25) is 5.91 Å². The number of aryl methyl sites for hydroxylation is 1. The van der Waals surface area contributed by atoms with E-state index in [1.165, 1.54) is 29.5 Å². The number of thiazole rings is 1. The first-order valence-corrected chi connectivity index (χ1v) is 14.3. The lowest BCUT2D eigenvalue weighted by Gasteiger charge is -2.39. The van der Waals surface area contributed by atoms with Crippen molar-refractivity contribution in [2.45, 2.75) is 19.4 Å². The molecule has 2 aliphatic heterocycles. The molecule has 0 bridgehead atoms. The molecule has 5 heterocycles. The van der Waals surface area contributed by atoms with E-state index in [2.05, 4.69) is 4.90 Å². The minimum Gasteiger partial charge on any atom is -0.389 e. The van der Waals surface area contributed by atoms with E-state index in [-0.39, 0.29) is 17.5 Å². The molecule has 2 fully saturated rings. The van der Waals surface area contributed by atoms with Gasteiger partial charge in [0.1, 0.15) is 17.3 Å². The van der Waals surface area contributed by atoms with Crippen molar-refractivity contribution in [3.05, 3.63) is 59.2 Å². The average molecular weight is 568 g/mol. The maximum atomic E-state index is 15.4. The number of hydrogen-bond acceptors (Lipinski definition) is 8. The number of β-amino-alcohol motifs (C(OH)–C–C–N with tert-alkyl or cyclic N) is 1. The number of aromatic nitrogens is 3. The average Bonchev–Trinajstić information content (AvgIpc) is 3.56. The summed E-state index contributed by atoms with van der Waals surface area (Å²) in [6, 6.07) is 7.73. The molecular weight excluding hydrogens is 536 g/mol. The normalized spacial score (nSPS) is 16.5. The van der Waals surface area contributed by atoms with E-state index in [1.807, 2.05) is 33.6 Å². The number of aliphatic hydroxyl groups is 1. The van der Waals surface area contributed by atoms with E-state index < -0.39 is 6.10 Å². The van der Waals surface area contributed by atoms with Crippen molar-refractivity contribution in [2.24, 2.45) is 0 Å². The fourth-order valence-electron chi connectivity index (χ4n) is 5.27. The number of carbonyl (C=O) groups excluding carboxylic acids is 1. The molecule has 2 saturated heterocycles. The van der Waals surface area contributed by atoms with Crippen LogP contribution in [0.1, 0.15) is 12.6 Å². The Morgan fingerprint density at radius 3 is 2.52 bits per heavy atom. The van der Waals surface area contributed by atoms with Crippen LogP contribution in [-0.2, 0) is 11.2 Å². The summed E-state index contributed by atoms with van der Waals surface area (Å²) in [5, 5.41) is 12.1. The highest BCUT2D eigenvalue weighted by Gasteiger charge is 2.31. The van der Waals surface area contributed by atoms with Crippen LogP contribution in [0.25, 0.3) is 16.9 Å². The molecule has 4 aromatic rings. The second-order valence-electron chi connectivity index (χ2n) is 10.3. The predicted octanol–water partition coefficient (Wildman–Crippen LogP) is 3.39. The summed E-state index contributed by atoms with van der Waals surface area (Å²) in [7, 11) is 1.92. The van der Waals surface area contributed by atoms with Crippen molar-refractivity contribution in [1.82, 2.24) is 24.2 Å². The number of benzene rings is 1. The molecule has 6 rings (SSSR count). The second kappa shape index (κ2) is 10.8. The largest absolute Gasteiger partial charge is 0.389 e. The van der Waals surface area contributed by atoms with Crippen molar-refractivity contribution in [1.29, 1.82) is 0 Å². The van der Waals surface area contributed by atoms with Gasteiger partial charge in [-0.05, 0) is 30.7 Å². The molecule has 40 heavy (non-hydrogen) atoms. The van der Waals surface area contributed by atoms with E-state index >= 15 is 4.39 Å². The van der Waals surface area contributed by atoms with Gasteiger partial charge in [-0.2, -0.15) is 0 Å². The Morgan fingerprint density at radius 1 is 1.12 bits per heavy atom. The van der Waals surface area contributed by atoms with Crippen LogP contribution in [0.5, 0.6) is 0 Å². The standard InChI is InChI=1S/C28H31F2N7O2S/c1-3-22-27(33(2)28-32-23(17-40-28)18-4-6-19(29)7-5-18)37-15-24(21(30)12-25(37)31-22)35-10-8-34(9-11-35)16-26(39)36-13-20(38)14-36/h4-7,12,15,17,20,38H,3,8-11,13-14,16H2,1-2H3. The zero-order chi connectivity index (χ0) is 28.0. The summed E-state index contributed by atoms with van der Waals surface area (Å²) >= 11 is 1.48. The third-order valence-electron chi connectivity index (χ3n) is 7.59. The second-order valence-corrected chi connectivity index (χ2v) is 11.1. The number of nitrogens with zero attached hydrogens (tertiary/aromatic N) is 7. The molecule has 0 saturated carbocycles. The van der Waals surface area contributed by atoms with Gasteiger partial charge in [0, 0.05) is 69.5 Å². The van der Waals surface area contributed by atoms with Crippen molar-refractivity contribution in [2.75, 3.05) is 62.7 Å². The highest BCUT2D eigenvalue weighted by atomic mass is 32.1. The van der Waals surface area contributed by atoms with E-state index in [9.17, 15) is 14.3 Å². The van der Waals surface area contributed by atoms with Crippen LogP contribution in [0.2, 0.25) is 0 Å². The summed E-state index contributed by atoms with van der Waals surface area (Å²) in [6.07, 6.45) is 2.06. The molecule has 12 heteroatoms. The van der Waals surface area contributed by atoms with Crippen LogP contribution in [0.15, 0.2) is 41.9 Å². The monoisotopic (exact) mass is 567 g/mol. The van der Waals surface area contributed by atoms with Gasteiger partial charge in [-0.1, -0.05) is 6.92 Å². The van der Waals surface area contributed by atoms with Gasteiger partial charge in [0.15, 0.2) is 10.9 Å². The number of rotatable bonds is 7. The lowest BCUT2D eigenvalue weighted by atomic mass is 10.1. The quantitative estimate of drug-likeness (QED) is 0.367. The Hall–Kier alpha value is -3.61. The van der Waals surface area contributed by atoms with Gasteiger partial charge in [-0.3, -0.25) is 14.1 Å². The third-order valence-corrected chi connectivity index (χ3v) is 8.51. The van der Waals surface area contributed by atoms with E-state index in [0.717, 1.165) is 27.9 Å². The highest BCUT2D eigenvalue weighted by molar-refractivity contribution is 7.14. The van der Waals surface area contributed by atoms with Gasteiger partial charge in [-0.15, -0.1) is 11.3 Å². The zero-order valence-corrected chi connectivity index (χ0v) is 23.2. The van der Waals surface area contributed by atoms with Crippen molar-refractivity contribution < 1.29 is 18.7 Å². The molecule has 0 atom stereocenters. The number of imidazole rings is 1. The Bertz CT molecular complexity index is 1530. The molecule has 210 valence electrons. The maximum absolute atomic E-state index is 15.4.